The van der Waals surface area contributed by atoms with Crippen molar-refractivity contribution in [2.24, 2.45) is 0 Å². The van der Waals surface area contributed by atoms with E-state index in [2.05, 4.69) is 0 Å². The second-order valence-corrected chi connectivity index (χ2v) is 10.6. The zero-order valence-corrected chi connectivity index (χ0v) is 18.7. The summed E-state index contributed by atoms with van der Waals surface area (Å²) in [5.41, 5.74) is -0.609. The average molecular weight is 436 g/mol. The number of sulfonamides is 1. The van der Waals surface area contributed by atoms with E-state index in [0.29, 0.717) is 41.4 Å². The summed E-state index contributed by atoms with van der Waals surface area (Å²) >= 11 is 0. The quantitative estimate of drug-likeness (QED) is 0.534. The Morgan fingerprint density at radius 3 is 2.57 bits per heavy atom. The predicted octanol–water partition coefficient (Wildman–Crippen LogP) is 2.88. The Kier molecular flexibility index (Phi) is 6.24. The van der Waals surface area contributed by atoms with Gasteiger partial charge in [0.1, 0.15) is 5.60 Å². The van der Waals surface area contributed by atoms with E-state index in [9.17, 15) is 18.4 Å². The van der Waals surface area contributed by atoms with Gasteiger partial charge in [0.15, 0.2) is 12.4 Å². The number of benzene rings is 1. The molecule has 1 amide bonds. The van der Waals surface area contributed by atoms with Crippen molar-refractivity contribution < 1.29 is 22.7 Å². The van der Waals surface area contributed by atoms with Gasteiger partial charge in [0.05, 0.1) is 4.90 Å². The highest BCUT2D eigenvalue weighted by molar-refractivity contribution is 7.89. The van der Waals surface area contributed by atoms with Crippen LogP contribution in [0.1, 0.15) is 40.5 Å². The molecule has 0 spiro atoms. The lowest BCUT2D eigenvalue weighted by Crippen LogP contribution is -2.50. The third kappa shape index (κ3) is 5.02. The number of carbonyl (C=O) groups is 1. The molecule has 2 heterocycles. The maximum atomic E-state index is 13.4. The van der Waals surface area contributed by atoms with Gasteiger partial charge in [-0.1, -0.05) is 0 Å². The van der Waals surface area contributed by atoms with Gasteiger partial charge in [-0.2, -0.15) is 9.04 Å². The number of pyridine rings is 1. The fraction of sp³-hybridized carbons (Fsp3) is 0.524. The first kappa shape index (κ1) is 22.3. The molecule has 1 aliphatic heterocycles. The summed E-state index contributed by atoms with van der Waals surface area (Å²) in [5.74, 6) is 0. The van der Waals surface area contributed by atoms with Crippen LogP contribution in [0.4, 0.5) is 4.79 Å². The van der Waals surface area contributed by atoms with Crippen LogP contribution >= 0.6 is 0 Å². The monoisotopic (exact) mass is 435 g/mol. The highest BCUT2D eigenvalue weighted by Crippen LogP contribution is 2.25. The number of nitrogens with zero attached hydrogens (tertiary/aromatic N) is 3. The van der Waals surface area contributed by atoms with Gasteiger partial charge in [-0.05, 0) is 64.1 Å². The highest BCUT2D eigenvalue weighted by atomic mass is 32.2. The molecule has 0 unspecified atom stereocenters. The summed E-state index contributed by atoms with van der Waals surface area (Å²) in [5, 5.41) is 12.8. The average Bonchev–Trinajstić information content (AvgIpc) is 2.62. The maximum Gasteiger partial charge on any atom is 0.410 e. The molecule has 1 aromatic heterocycles. The van der Waals surface area contributed by atoms with E-state index in [1.165, 1.54) is 22.8 Å². The summed E-state index contributed by atoms with van der Waals surface area (Å²) < 4.78 is 34.4. The zero-order valence-electron chi connectivity index (χ0n) is 17.9. The van der Waals surface area contributed by atoms with Crippen LogP contribution in [0.2, 0.25) is 0 Å². The number of carbonyl (C=O) groups excluding carboxylic acids is 1. The molecule has 1 fully saturated rings. The normalized spacial score (nSPS) is 19.3. The van der Waals surface area contributed by atoms with Crippen molar-refractivity contribution in [1.82, 2.24) is 9.21 Å². The minimum Gasteiger partial charge on any atom is -0.619 e. The van der Waals surface area contributed by atoms with Crippen molar-refractivity contribution in [3.63, 3.8) is 0 Å². The SMILES string of the molecule is C[C@@H]1CN(C(=O)OC(C)(C)C)CCCCN1S(=O)(=O)c1ccc2c[n+]([O-])ccc2c1. The maximum absolute atomic E-state index is 13.4. The Labute approximate surface area is 177 Å². The Bertz CT molecular complexity index is 1030. The summed E-state index contributed by atoms with van der Waals surface area (Å²) in [6.07, 6.45) is 3.66. The number of aromatic nitrogens is 1. The molecule has 30 heavy (non-hydrogen) atoms. The van der Waals surface area contributed by atoms with Crippen LogP contribution in [-0.2, 0) is 14.8 Å². The minimum absolute atomic E-state index is 0.176. The van der Waals surface area contributed by atoms with Crippen LogP contribution in [0.5, 0.6) is 0 Å². The first-order valence-corrected chi connectivity index (χ1v) is 11.5. The first-order valence-electron chi connectivity index (χ1n) is 10.1. The van der Waals surface area contributed by atoms with Gasteiger partial charge in [0, 0.05) is 37.1 Å². The van der Waals surface area contributed by atoms with Gasteiger partial charge in [-0.3, -0.25) is 0 Å². The van der Waals surface area contributed by atoms with E-state index in [0.717, 1.165) is 0 Å². The number of ether oxygens (including phenoxy) is 1. The van der Waals surface area contributed by atoms with Gasteiger partial charge >= 0.3 is 6.09 Å². The predicted molar refractivity (Wildman–Crippen MR) is 113 cm³/mol. The lowest BCUT2D eigenvalue weighted by atomic mass is 10.2. The van der Waals surface area contributed by atoms with Crippen molar-refractivity contribution >= 4 is 26.9 Å². The molecule has 0 bridgehead atoms. The highest BCUT2D eigenvalue weighted by Gasteiger charge is 2.33. The zero-order chi connectivity index (χ0) is 22.1. The summed E-state index contributed by atoms with van der Waals surface area (Å²) in [6.45, 7) is 8.42. The van der Waals surface area contributed by atoms with Gasteiger partial charge < -0.3 is 14.8 Å². The first-order chi connectivity index (χ1) is 14.0. The van der Waals surface area contributed by atoms with E-state index in [1.54, 1.807) is 23.1 Å². The molecule has 2 aromatic rings. The number of hydrogen-bond acceptors (Lipinski definition) is 5. The smallest absolute Gasteiger partial charge is 0.410 e. The largest absolute Gasteiger partial charge is 0.619 e. The summed E-state index contributed by atoms with van der Waals surface area (Å²) in [7, 11) is -3.77. The number of fused-ring (bicyclic) bond motifs is 1. The third-order valence-electron chi connectivity index (χ3n) is 5.02. The molecule has 3 rings (SSSR count). The van der Waals surface area contributed by atoms with E-state index < -0.39 is 27.8 Å². The Balaban J connectivity index is 1.86. The third-order valence-corrected chi connectivity index (χ3v) is 7.03. The van der Waals surface area contributed by atoms with Crippen LogP contribution in [0.15, 0.2) is 41.6 Å². The lowest BCUT2D eigenvalue weighted by Gasteiger charge is -2.36. The van der Waals surface area contributed by atoms with Crippen LogP contribution in [-0.4, -0.2) is 55.0 Å². The van der Waals surface area contributed by atoms with Crippen molar-refractivity contribution in [1.29, 1.82) is 0 Å². The molecule has 8 nitrogen and oxygen atoms in total. The number of amides is 1. The molecule has 1 atom stereocenters. The number of hydrogen-bond donors (Lipinski definition) is 0. The Morgan fingerprint density at radius 1 is 1.17 bits per heavy atom. The summed E-state index contributed by atoms with van der Waals surface area (Å²) in [6, 6.07) is 5.94. The van der Waals surface area contributed by atoms with E-state index in [1.807, 2.05) is 27.7 Å². The van der Waals surface area contributed by atoms with Crippen LogP contribution in [0.3, 0.4) is 0 Å². The molecular formula is C21H29N3O5S. The van der Waals surface area contributed by atoms with Crippen molar-refractivity contribution in [2.45, 2.75) is 57.1 Å². The molecule has 0 saturated carbocycles. The van der Waals surface area contributed by atoms with E-state index >= 15 is 0 Å². The molecular weight excluding hydrogens is 406 g/mol. The molecule has 1 saturated heterocycles. The Morgan fingerprint density at radius 2 is 1.87 bits per heavy atom. The fourth-order valence-corrected chi connectivity index (χ4v) is 5.28. The van der Waals surface area contributed by atoms with Crippen LogP contribution < -0.4 is 4.73 Å². The minimum atomic E-state index is -3.77. The van der Waals surface area contributed by atoms with E-state index in [-0.39, 0.29) is 11.4 Å². The molecule has 0 N–H and O–H groups in total. The Hall–Kier alpha value is -2.39. The molecule has 9 heteroatoms. The van der Waals surface area contributed by atoms with Crippen molar-refractivity contribution in [3.8, 4) is 0 Å². The van der Waals surface area contributed by atoms with Gasteiger partial charge in [-0.25, -0.2) is 13.2 Å². The van der Waals surface area contributed by atoms with Gasteiger partial charge in [-0.15, -0.1) is 0 Å². The molecule has 0 aliphatic carbocycles. The number of rotatable bonds is 2. The van der Waals surface area contributed by atoms with Crippen molar-refractivity contribution in [2.75, 3.05) is 19.6 Å². The summed E-state index contributed by atoms with van der Waals surface area (Å²) in [4.78, 5) is 14.3. The second-order valence-electron chi connectivity index (χ2n) is 8.69. The molecule has 164 valence electrons. The lowest BCUT2D eigenvalue weighted by molar-refractivity contribution is -0.603. The topological polar surface area (TPSA) is 93.9 Å². The fourth-order valence-electron chi connectivity index (χ4n) is 3.59. The van der Waals surface area contributed by atoms with E-state index in [4.69, 9.17) is 4.74 Å². The molecule has 1 aliphatic rings. The standard InChI is InChI=1S/C21H29N3O5S/c1-16-14-22(20(25)29-21(2,3)4)10-5-6-11-24(16)30(27,28)19-8-7-18-15-23(26)12-9-17(18)13-19/h7-9,12-13,15-16H,5-6,10-11,14H2,1-4H3/t16-/m1/s1. The molecule has 0 radical (unpaired) electrons. The van der Waals surface area contributed by atoms with Gasteiger partial charge in [0.2, 0.25) is 10.0 Å². The van der Waals surface area contributed by atoms with Crippen molar-refractivity contribution in [3.05, 3.63) is 41.9 Å². The van der Waals surface area contributed by atoms with Crippen LogP contribution in [0, 0.1) is 5.21 Å². The second kappa shape index (κ2) is 8.39. The molecule has 1 aromatic carbocycles. The van der Waals surface area contributed by atoms with Gasteiger partial charge in [0.25, 0.3) is 0 Å². The van der Waals surface area contributed by atoms with Crippen LogP contribution in [0.25, 0.3) is 10.8 Å².